The van der Waals surface area contributed by atoms with Gasteiger partial charge in [0.15, 0.2) is 11.6 Å². The summed E-state index contributed by atoms with van der Waals surface area (Å²) in [6, 6.07) is 9.37. The maximum atomic E-state index is 15.2. The van der Waals surface area contributed by atoms with Crippen LogP contribution in [0.5, 0.6) is 11.5 Å². The molecule has 1 amide bonds. The van der Waals surface area contributed by atoms with Gasteiger partial charge in [-0.1, -0.05) is 0 Å². The number of rotatable bonds is 9. The number of ether oxygens (including phenoxy) is 1. The topological polar surface area (TPSA) is 150 Å². The zero-order valence-electron chi connectivity index (χ0n) is 23.8. The van der Waals surface area contributed by atoms with Gasteiger partial charge in [0.1, 0.15) is 11.6 Å². The van der Waals surface area contributed by atoms with Crippen molar-refractivity contribution < 1.29 is 18.3 Å². The van der Waals surface area contributed by atoms with E-state index in [4.69, 9.17) is 10.1 Å². The van der Waals surface area contributed by atoms with E-state index in [1.54, 1.807) is 43.2 Å². The lowest BCUT2D eigenvalue weighted by Gasteiger charge is -2.15. The number of pyridine rings is 1. The second kappa shape index (κ2) is 12.2. The molecule has 2 N–H and O–H groups in total. The highest BCUT2D eigenvalue weighted by atomic mass is 19.1. The summed E-state index contributed by atoms with van der Waals surface area (Å²) in [7, 11) is 1.82. The second-order valence-corrected chi connectivity index (χ2v) is 9.99. The van der Waals surface area contributed by atoms with Gasteiger partial charge in [-0.05, 0) is 56.3 Å². The van der Waals surface area contributed by atoms with E-state index in [-0.39, 0.29) is 29.3 Å². The normalized spacial score (nSPS) is 11.0. The molecule has 12 nitrogen and oxygen atoms in total. The molecule has 44 heavy (non-hydrogen) atoms. The molecule has 224 valence electrons. The summed E-state index contributed by atoms with van der Waals surface area (Å²) in [5.41, 5.74) is -0.793. The molecule has 0 bridgehead atoms. The zero-order chi connectivity index (χ0) is 31.5. The molecule has 2 aromatic carbocycles. The minimum atomic E-state index is -1.03. The number of nitrogens with one attached hydrogen (secondary N) is 2. The molecule has 0 fully saturated rings. The van der Waals surface area contributed by atoms with E-state index in [0.717, 1.165) is 33.7 Å². The first kappa shape index (κ1) is 29.7. The standard InChI is InChI=1S/C30H26F2N8O4/c1-17(2)40-30(43)39(21-7-4-19(31)5-8-21)29(42)27(37-40)28(41)36-20-6-9-25(22(32)13-20)44-26-12-18(14-34-23(26)10-11-33)24-15-38(3)16-35-24/h4-9,11-17,33H,10H2,1-3H3,(H,36,41). The van der Waals surface area contributed by atoms with E-state index in [1.807, 2.05) is 7.05 Å². The highest BCUT2D eigenvalue weighted by Crippen LogP contribution is 2.31. The zero-order valence-corrected chi connectivity index (χ0v) is 23.8. The minimum absolute atomic E-state index is 0.0169. The van der Waals surface area contributed by atoms with Gasteiger partial charge in [-0.15, -0.1) is 0 Å². The third-order valence-corrected chi connectivity index (χ3v) is 6.43. The molecule has 0 unspecified atom stereocenters. The van der Waals surface area contributed by atoms with Gasteiger partial charge >= 0.3 is 5.69 Å². The van der Waals surface area contributed by atoms with Gasteiger partial charge in [0.25, 0.3) is 11.5 Å². The largest absolute Gasteiger partial charge is 0.452 e. The molecular weight excluding hydrogens is 574 g/mol. The van der Waals surface area contributed by atoms with Crippen LogP contribution >= 0.6 is 0 Å². The third kappa shape index (κ3) is 6.04. The molecule has 0 saturated carbocycles. The number of halogens is 2. The van der Waals surface area contributed by atoms with Crippen LogP contribution in [0, 0.1) is 17.0 Å². The SMILES string of the molecule is CC(C)n1nc(C(=O)Nc2ccc(Oc3cc(-c4cn(C)cn4)cnc3CC=N)c(F)c2)c(=O)n(-c2ccc(F)cc2)c1=O. The average molecular weight is 601 g/mol. The highest BCUT2D eigenvalue weighted by molar-refractivity contribution is 6.02. The Balaban J connectivity index is 1.44. The van der Waals surface area contributed by atoms with E-state index in [1.165, 1.54) is 24.3 Å². The summed E-state index contributed by atoms with van der Waals surface area (Å²) in [6.07, 6.45) is 6.29. The van der Waals surface area contributed by atoms with Crippen molar-refractivity contribution in [2.45, 2.75) is 26.3 Å². The fraction of sp³-hybridized carbons (Fsp3) is 0.167. The number of hydrogen-bond donors (Lipinski definition) is 2. The van der Waals surface area contributed by atoms with Crippen LogP contribution in [0.2, 0.25) is 0 Å². The van der Waals surface area contributed by atoms with Crippen molar-refractivity contribution in [3.63, 3.8) is 0 Å². The predicted octanol–water partition coefficient (Wildman–Crippen LogP) is 4.29. The van der Waals surface area contributed by atoms with Gasteiger partial charge in [-0.25, -0.2) is 27.8 Å². The number of hydrogen-bond acceptors (Lipinski definition) is 8. The molecule has 3 heterocycles. The third-order valence-electron chi connectivity index (χ3n) is 6.43. The molecule has 3 aromatic heterocycles. The lowest BCUT2D eigenvalue weighted by atomic mass is 10.1. The van der Waals surface area contributed by atoms with E-state index in [9.17, 15) is 18.8 Å². The molecular formula is C30H26F2N8O4. The number of anilines is 1. The van der Waals surface area contributed by atoms with E-state index in [0.29, 0.717) is 17.0 Å². The predicted molar refractivity (Wildman–Crippen MR) is 158 cm³/mol. The molecule has 0 saturated heterocycles. The number of aromatic nitrogens is 6. The summed E-state index contributed by atoms with van der Waals surface area (Å²) in [5.74, 6) is -2.37. The van der Waals surface area contributed by atoms with Gasteiger partial charge < -0.3 is 20.0 Å². The van der Waals surface area contributed by atoms with Gasteiger partial charge in [0.05, 0.1) is 29.4 Å². The Bertz CT molecular complexity index is 2000. The lowest BCUT2D eigenvalue weighted by Crippen LogP contribution is -2.45. The average Bonchev–Trinajstić information content (AvgIpc) is 3.42. The molecule has 14 heteroatoms. The van der Waals surface area contributed by atoms with E-state index in [2.05, 4.69) is 20.4 Å². The Labute approximate surface area is 248 Å². The van der Waals surface area contributed by atoms with Crippen molar-refractivity contribution in [2.75, 3.05) is 5.32 Å². The van der Waals surface area contributed by atoms with Crippen LogP contribution in [-0.4, -0.2) is 41.0 Å². The first-order valence-electron chi connectivity index (χ1n) is 13.3. The quantitative estimate of drug-likeness (QED) is 0.240. The summed E-state index contributed by atoms with van der Waals surface area (Å²) >= 11 is 0. The van der Waals surface area contributed by atoms with Crippen molar-refractivity contribution in [2.24, 2.45) is 7.05 Å². The number of nitrogens with zero attached hydrogens (tertiary/aromatic N) is 6. The molecule has 0 radical (unpaired) electrons. The van der Waals surface area contributed by atoms with Crippen LogP contribution in [0.1, 0.15) is 36.1 Å². The van der Waals surface area contributed by atoms with E-state index < -0.39 is 40.5 Å². The van der Waals surface area contributed by atoms with Gasteiger partial charge in [-0.3, -0.25) is 14.6 Å². The second-order valence-electron chi connectivity index (χ2n) is 9.99. The fourth-order valence-electron chi connectivity index (χ4n) is 4.27. The molecule has 0 spiro atoms. The first-order chi connectivity index (χ1) is 21.0. The Morgan fingerprint density at radius 1 is 1.07 bits per heavy atom. The summed E-state index contributed by atoms with van der Waals surface area (Å²) in [4.78, 5) is 48.1. The van der Waals surface area contributed by atoms with Crippen LogP contribution in [-0.2, 0) is 13.5 Å². The lowest BCUT2D eigenvalue weighted by molar-refractivity contribution is 0.101. The maximum absolute atomic E-state index is 15.2. The Morgan fingerprint density at radius 2 is 1.82 bits per heavy atom. The van der Waals surface area contributed by atoms with Gasteiger partial charge in [0.2, 0.25) is 5.69 Å². The summed E-state index contributed by atoms with van der Waals surface area (Å²) in [5, 5.41) is 13.9. The first-order valence-corrected chi connectivity index (χ1v) is 13.3. The maximum Gasteiger partial charge on any atom is 0.352 e. The molecule has 0 atom stereocenters. The van der Waals surface area contributed by atoms with Gasteiger partial charge in [0, 0.05) is 49.4 Å². The number of aryl methyl sites for hydroxylation is 1. The fourth-order valence-corrected chi connectivity index (χ4v) is 4.27. The van der Waals surface area contributed by atoms with Crippen LogP contribution in [0.4, 0.5) is 14.5 Å². The van der Waals surface area contributed by atoms with Gasteiger partial charge in [-0.2, -0.15) is 5.10 Å². The number of carbonyl (C=O) groups excluding carboxylic acids is 1. The summed E-state index contributed by atoms with van der Waals surface area (Å²) in [6.45, 7) is 3.28. The Hall–Kier alpha value is -5.79. The van der Waals surface area contributed by atoms with Crippen LogP contribution < -0.4 is 21.3 Å². The van der Waals surface area contributed by atoms with Crippen LogP contribution in [0.15, 0.2) is 76.8 Å². The number of amides is 1. The Morgan fingerprint density at radius 3 is 2.45 bits per heavy atom. The molecule has 0 aliphatic rings. The highest BCUT2D eigenvalue weighted by Gasteiger charge is 2.22. The van der Waals surface area contributed by atoms with Crippen molar-refractivity contribution in [1.82, 2.24) is 28.9 Å². The summed E-state index contributed by atoms with van der Waals surface area (Å²) < 4.78 is 38.0. The van der Waals surface area contributed by atoms with Crippen LogP contribution in [0.25, 0.3) is 16.9 Å². The van der Waals surface area contributed by atoms with Crippen molar-refractivity contribution in [1.29, 1.82) is 5.41 Å². The molecule has 5 rings (SSSR count). The smallest absolute Gasteiger partial charge is 0.352 e. The molecule has 0 aliphatic carbocycles. The number of benzene rings is 2. The number of imidazole rings is 1. The Kier molecular flexibility index (Phi) is 8.24. The van der Waals surface area contributed by atoms with E-state index >= 15 is 4.39 Å². The van der Waals surface area contributed by atoms with Crippen LogP contribution in [0.3, 0.4) is 0 Å². The van der Waals surface area contributed by atoms with Crippen molar-refractivity contribution >= 4 is 17.8 Å². The van der Waals surface area contributed by atoms with Crippen molar-refractivity contribution in [3.8, 4) is 28.4 Å². The molecule has 5 aromatic rings. The van der Waals surface area contributed by atoms with Crippen molar-refractivity contribution in [3.05, 3.63) is 111 Å². The minimum Gasteiger partial charge on any atom is -0.452 e. The monoisotopic (exact) mass is 600 g/mol. The molecule has 0 aliphatic heterocycles. The number of carbonyl (C=O) groups is 1.